The van der Waals surface area contributed by atoms with Crippen LogP contribution in [0.1, 0.15) is 18.4 Å². The summed E-state index contributed by atoms with van der Waals surface area (Å²) in [6.07, 6.45) is 1.46. The number of rotatable bonds is 4. The highest BCUT2D eigenvalue weighted by Crippen LogP contribution is 2.24. The van der Waals surface area contributed by atoms with Crippen LogP contribution in [-0.2, 0) is 11.3 Å². The van der Waals surface area contributed by atoms with Gasteiger partial charge in [0.2, 0.25) is 5.91 Å². The molecule has 0 saturated carbocycles. The van der Waals surface area contributed by atoms with Crippen LogP contribution in [0.3, 0.4) is 0 Å². The van der Waals surface area contributed by atoms with E-state index in [1.54, 1.807) is 23.1 Å². The second-order valence-electron chi connectivity index (χ2n) is 5.63. The van der Waals surface area contributed by atoms with Crippen molar-refractivity contribution in [2.75, 3.05) is 16.8 Å². The molecule has 0 aliphatic carbocycles. The molecule has 0 bridgehead atoms. The van der Waals surface area contributed by atoms with Crippen LogP contribution in [-0.4, -0.2) is 18.5 Å². The van der Waals surface area contributed by atoms with Crippen molar-refractivity contribution in [3.8, 4) is 0 Å². The molecule has 2 aromatic carbocycles. The fourth-order valence-corrected chi connectivity index (χ4v) is 2.76. The highest BCUT2D eigenvalue weighted by atomic mass is 35.5. The summed E-state index contributed by atoms with van der Waals surface area (Å²) in [5.74, 6) is 0.124. The number of amides is 3. The monoisotopic (exact) mass is 343 g/mol. The number of nitrogens with one attached hydrogen (secondary N) is 2. The molecule has 2 aromatic rings. The Morgan fingerprint density at radius 3 is 2.67 bits per heavy atom. The summed E-state index contributed by atoms with van der Waals surface area (Å²) in [7, 11) is 0. The third-order valence-electron chi connectivity index (χ3n) is 3.86. The standard InChI is InChI=1S/C18H18ClN3O2/c19-14-8-6-13(7-9-14)12-20-18(24)21-15-3-1-4-16(11-15)22-10-2-5-17(22)23/h1,3-4,6-9,11H,2,5,10,12H2,(H2,20,21,24). The molecule has 1 aliphatic heterocycles. The zero-order valence-corrected chi connectivity index (χ0v) is 13.8. The first-order valence-electron chi connectivity index (χ1n) is 7.81. The number of benzene rings is 2. The Morgan fingerprint density at radius 1 is 1.17 bits per heavy atom. The first-order chi connectivity index (χ1) is 11.6. The molecule has 1 saturated heterocycles. The van der Waals surface area contributed by atoms with Gasteiger partial charge in [0.15, 0.2) is 0 Å². The van der Waals surface area contributed by atoms with Crippen molar-refractivity contribution < 1.29 is 9.59 Å². The largest absolute Gasteiger partial charge is 0.334 e. The fraction of sp³-hybridized carbons (Fsp3) is 0.222. The second kappa shape index (κ2) is 7.36. The highest BCUT2D eigenvalue weighted by Gasteiger charge is 2.21. The molecule has 2 N–H and O–H groups in total. The molecule has 1 aliphatic rings. The summed E-state index contributed by atoms with van der Waals surface area (Å²) in [5.41, 5.74) is 2.43. The fourth-order valence-electron chi connectivity index (χ4n) is 2.63. The van der Waals surface area contributed by atoms with Crippen LogP contribution < -0.4 is 15.5 Å². The van der Waals surface area contributed by atoms with Gasteiger partial charge in [-0.3, -0.25) is 4.79 Å². The molecule has 3 amide bonds. The van der Waals surface area contributed by atoms with E-state index < -0.39 is 0 Å². The third kappa shape index (κ3) is 4.06. The van der Waals surface area contributed by atoms with E-state index in [1.165, 1.54) is 0 Å². The van der Waals surface area contributed by atoms with Crippen LogP contribution in [0.5, 0.6) is 0 Å². The van der Waals surface area contributed by atoms with Gasteiger partial charge in [0, 0.05) is 35.9 Å². The molecular weight excluding hydrogens is 326 g/mol. The van der Waals surface area contributed by atoms with E-state index in [-0.39, 0.29) is 11.9 Å². The van der Waals surface area contributed by atoms with Crippen molar-refractivity contribution in [2.45, 2.75) is 19.4 Å². The molecule has 3 rings (SSSR count). The van der Waals surface area contributed by atoms with Crippen LogP contribution in [0.15, 0.2) is 48.5 Å². The molecule has 24 heavy (non-hydrogen) atoms. The number of anilines is 2. The van der Waals surface area contributed by atoms with Crippen LogP contribution in [0, 0.1) is 0 Å². The first-order valence-corrected chi connectivity index (χ1v) is 8.19. The van der Waals surface area contributed by atoms with E-state index in [9.17, 15) is 9.59 Å². The Hall–Kier alpha value is -2.53. The lowest BCUT2D eigenvalue weighted by atomic mass is 10.2. The summed E-state index contributed by atoms with van der Waals surface area (Å²) in [5, 5.41) is 6.24. The predicted molar refractivity (Wildman–Crippen MR) is 95.3 cm³/mol. The topological polar surface area (TPSA) is 61.4 Å². The Bertz CT molecular complexity index is 746. The van der Waals surface area contributed by atoms with Crippen LogP contribution in [0.25, 0.3) is 0 Å². The summed E-state index contributed by atoms with van der Waals surface area (Å²) < 4.78 is 0. The zero-order chi connectivity index (χ0) is 16.9. The molecule has 0 atom stereocenters. The van der Waals surface area contributed by atoms with Crippen LogP contribution in [0.2, 0.25) is 5.02 Å². The average Bonchev–Trinajstić information content (AvgIpc) is 3.01. The molecule has 1 fully saturated rings. The van der Waals surface area contributed by atoms with Crippen molar-refractivity contribution in [2.24, 2.45) is 0 Å². The normalized spacial score (nSPS) is 13.9. The number of nitrogens with zero attached hydrogens (tertiary/aromatic N) is 1. The van der Waals surface area contributed by atoms with Crippen molar-refractivity contribution >= 4 is 34.9 Å². The van der Waals surface area contributed by atoms with E-state index in [1.807, 2.05) is 30.3 Å². The second-order valence-corrected chi connectivity index (χ2v) is 6.07. The Morgan fingerprint density at radius 2 is 1.96 bits per heavy atom. The van der Waals surface area contributed by atoms with Gasteiger partial charge < -0.3 is 15.5 Å². The molecular formula is C18H18ClN3O2. The molecule has 5 nitrogen and oxygen atoms in total. The van der Waals surface area contributed by atoms with Gasteiger partial charge in [0.1, 0.15) is 0 Å². The van der Waals surface area contributed by atoms with Gasteiger partial charge in [-0.1, -0.05) is 29.8 Å². The van der Waals surface area contributed by atoms with Gasteiger partial charge in [0.25, 0.3) is 0 Å². The zero-order valence-electron chi connectivity index (χ0n) is 13.1. The molecule has 0 unspecified atom stereocenters. The van der Waals surface area contributed by atoms with Gasteiger partial charge in [-0.2, -0.15) is 0 Å². The van der Waals surface area contributed by atoms with Gasteiger partial charge >= 0.3 is 6.03 Å². The number of hydrogen-bond acceptors (Lipinski definition) is 2. The van der Waals surface area contributed by atoms with E-state index >= 15 is 0 Å². The maximum atomic E-state index is 12.0. The molecule has 124 valence electrons. The van der Waals surface area contributed by atoms with Gasteiger partial charge in [-0.15, -0.1) is 0 Å². The quantitative estimate of drug-likeness (QED) is 0.887. The number of halogens is 1. The summed E-state index contributed by atoms with van der Waals surface area (Å²) in [6.45, 7) is 1.14. The maximum Gasteiger partial charge on any atom is 0.319 e. The van der Waals surface area contributed by atoms with E-state index in [0.29, 0.717) is 23.7 Å². The highest BCUT2D eigenvalue weighted by molar-refractivity contribution is 6.30. The van der Waals surface area contributed by atoms with Crippen LogP contribution >= 0.6 is 11.6 Å². The SMILES string of the molecule is O=C(NCc1ccc(Cl)cc1)Nc1cccc(N2CCCC2=O)c1. The predicted octanol–water partition coefficient (Wildman–Crippen LogP) is 3.79. The number of carbonyl (C=O) groups is 2. The number of urea groups is 1. The molecule has 1 heterocycles. The molecule has 0 aromatic heterocycles. The van der Waals surface area contributed by atoms with E-state index in [0.717, 1.165) is 24.2 Å². The number of carbonyl (C=O) groups excluding carboxylic acids is 2. The van der Waals surface area contributed by atoms with E-state index in [4.69, 9.17) is 11.6 Å². The minimum Gasteiger partial charge on any atom is -0.334 e. The summed E-state index contributed by atoms with van der Waals surface area (Å²) in [4.78, 5) is 25.6. The lowest BCUT2D eigenvalue weighted by molar-refractivity contribution is -0.117. The smallest absolute Gasteiger partial charge is 0.319 e. The molecule has 0 spiro atoms. The van der Waals surface area contributed by atoms with Crippen molar-refractivity contribution in [3.05, 3.63) is 59.1 Å². The summed E-state index contributed by atoms with van der Waals surface area (Å²) in [6, 6.07) is 14.3. The van der Waals surface area contributed by atoms with Crippen molar-refractivity contribution in [3.63, 3.8) is 0 Å². The number of hydrogen-bond donors (Lipinski definition) is 2. The van der Waals surface area contributed by atoms with Crippen LogP contribution in [0.4, 0.5) is 16.2 Å². The van der Waals surface area contributed by atoms with E-state index in [2.05, 4.69) is 10.6 Å². The lowest BCUT2D eigenvalue weighted by Crippen LogP contribution is -2.28. The van der Waals surface area contributed by atoms with Crippen molar-refractivity contribution in [1.29, 1.82) is 0 Å². The Balaban J connectivity index is 1.58. The summed E-state index contributed by atoms with van der Waals surface area (Å²) >= 11 is 5.83. The van der Waals surface area contributed by atoms with Gasteiger partial charge in [0.05, 0.1) is 0 Å². The minimum atomic E-state index is -0.296. The minimum absolute atomic E-state index is 0.124. The van der Waals surface area contributed by atoms with Crippen molar-refractivity contribution in [1.82, 2.24) is 5.32 Å². The Kier molecular flexibility index (Phi) is 5.01. The third-order valence-corrected chi connectivity index (χ3v) is 4.11. The average molecular weight is 344 g/mol. The molecule has 6 heteroatoms. The van der Waals surface area contributed by atoms with Gasteiger partial charge in [-0.05, 0) is 42.3 Å². The Labute approximate surface area is 145 Å². The first kappa shape index (κ1) is 16.3. The lowest BCUT2D eigenvalue weighted by Gasteiger charge is -2.17. The maximum absolute atomic E-state index is 12.0. The van der Waals surface area contributed by atoms with Gasteiger partial charge in [-0.25, -0.2) is 4.79 Å². The molecule has 0 radical (unpaired) electrons.